The highest BCUT2D eigenvalue weighted by Crippen LogP contribution is 2.17. The Bertz CT molecular complexity index is 492. The summed E-state index contributed by atoms with van der Waals surface area (Å²) in [6.45, 7) is 4.13. The third-order valence-electron chi connectivity index (χ3n) is 2.69. The molecule has 0 bridgehead atoms. The molecular formula is C13H18N4O. The van der Waals surface area contributed by atoms with Gasteiger partial charge in [0.1, 0.15) is 0 Å². The Hall–Kier alpha value is -1.72. The number of nitrogens with two attached hydrogens (primary N) is 1. The van der Waals surface area contributed by atoms with Crippen molar-refractivity contribution in [3.63, 3.8) is 0 Å². The number of benzene rings is 1. The fourth-order valence-electron chi connectivity index (χ4n) is 1.67. The molecule has 0 amide bonds. The first-order valence-electron chi connectivity index (χ1n) is 5.97. The second kappa shape index (κ2) is 5.75. The van der Waals surface area contributed by atoms with Gasteiger partial charge in [0.2, 0.25) is 0 Å². The van der Waals surface area contributed by atoms with Gasteiger partial charge in [-0.2, -0.15) is 4.98 Å². The molecule has 2 rings (SSSR count). The molecule has 18 heavy (non-hydrogen) atoms. The van der Waals surface area contributed by atoms with Crippen LogP contribution in [-0.4, -0.2) is 35.2 Å². The van der Waals surface area contributed by atoms with Crippen molar-refractivity contribution >= 4 is 0 Å². The van der Waals surface area contributed by atoms with Crippen molar-refractivity contribution in [2.24, 2.45) is 5.73 Å². The van der Waals surface area contributed by atoms with E-state index in [9.17, 15) is 0 Å². The maximum absolute atomic E-state index is 5.49. The molecule has 0 saturated heterocycles. The quantitative estimate of drug-likeness (QED) is 0.864. The van der Waals surface area contributed by atoms with E-state index in [1.807, 2.05) is 38.2 Å². The zero-order valence-corrected chi connectivity index (χ0v) is 10.8. The van der Waals surface area contributed by atoms with Crippen molar-refractivity contribution in [1.82, 2.24) is 15.0 Å². The van der Waals surface area contributed by atoms with E-state index in [0.29, 0.717) is 24.8 Å². The molecule has 2 N–H and O–H groups in total. The molecule has 0 unspecified atom stereocenters. The van der Waals surface area contributed by atoms with Crippen LogP contribution in [0.25, 0.3) is 11.5 Å². The predicted octanol–water partition coefficient (Wildman–Crippen LogP) is 1.44. The maximum atomic E-state index is 5.49. The topological polar surface area (TPSA) is 68.2 Å². The standard InChI is InChI=1S/C13H18N4O/c1-10-3-5-11(6-4-10)13-15-12(16-18-13)9-17(2)8-7-14/h3-6H,7-9,14H2,1-2H3. The van der Waals surface area contributed by atoms with E-state index >= 15 is 0 Å². The number of aryl methyl sites for hydroxylation is 1. The molecule has 1 heterocycles. The number of hydrogen-bond acceptors (Lipinski definition) is 5. The fraction of sp³-hybridized carbons (Fsp3) is 0.385. The normalized spacial score (nSPS) is 11.1. The van der Waals surface area contributed by atoms with Gasteiger partial charge in [0, 0.05) is 18.7 Å². The van der Waals surface area contributed by atoms with Crippen LogP contribution >= 0.6 is 0 Å². The first-order valence-corrected chi connectivity index (χ1v) is 5.97. The number of hydrogen-bond donors (Lipinski definition) is 1. The summed E-state index contributed by atoms with van der Waals surface area (Å²) in [5.74, 6) is 1.24. The molecule has 0 atom stereocenters. The number of likely N-dealkylation sites (N-methyl/N-ethyl adjacent to an activating group) is 1. The summed E-state index contributed by atoms with van der Waals surface area (Å²) >= 11 is 0. The molecule has 0 aliphatic heterocycles. The van der Waals surface area contributed by atoms with E-state index in [4.69, 9.17) is 10.3 Å². The molecule has 96 valence electrons. The molecule has 0 fully saturated rings. The van der Waals surface area contributed by atoms with Gasteiger partial charge < -0.3 is 10.3 Å². The van der Waals surface area contributed by atoms with Crippen molar-refractivity contribution in [2.45, 2.75) is 13.5 Å². The molecule has 1 aromatic carbocycles. The Morgan fingerprint density at radius 2 is 2.00 bits per heavy atom. The highest BCUT2D eigenvalue weighted by atomic mass is 16.5. The van der Waals surface area contributed by atoms with E-state index in [-0.39, 0.29) is 0 Å². The van der Waals surface area contributed by atoms with Crippen LogP contribution in [-0.2, 0) is 6.54 Å². The smallest absolute Gasteiger partial charge is 0.257 e. The second-order valence-electron chi connectivity index (χ2n) is 4.41. The van der Waals surface area contributed by atoms with E-state index in [1.54, 1.807) is 0 Å². The molecule has 0 aliphatic carbocycles. The third kappa shape index (κ3) is 3.15. The average Bonchev–Trinajstić information content (AvgIpc) is 2.78. The van der Waals surface area contributed by atoms with Gasteiger partial charge in [0.25, 0.3) is 5.89 Å². The van der Waals surface area contributed by atoms with E-state index < -0.39 is 0 Å². The predicted molar refractivity (Wildman–Crippen MR) is 69.9 cm³/mol. The van der Waals surface area contributed by atoms with Crippen LogP contribution in [0.15, 0.2) is 28.8 Å². The van der Waals surface area contributed by atoms with Crippen LogP contribution in [0.4, 0.5) is 0 Å². The zero-order valence-electron chi connectivity index (χ0n) is 10.8. The van der Waals surface area contributed by atoms with Crippen LogP contribution in [0, 0.1) is 6.92 Å². The summed E-state index contributed by atoms with van der Waals surface area (Å²) in [5, 5.41) is 3.97. The minimum atomic E-state index is 0.561. The summed E-state index contributed by atoms with van der Waals surface area (Å²) < 4.78 is 5.25. The van der Waals surface area contributed by atoms with Gasteiger partial charge >= 0.3 is 0 Å². The van der Waals surface area contributed by atoms with Crippen molar-refractivity contribution in [1.29, 1.82) is 0 Å². The van der Waals surface area contributed by atoms with Crippen molar-refractivity contribution in [3.8, 4) is 11.5 Å². The van der Waals surface area contributed by atoms with Crippen LogP contribution in [0.3, 0.4) is 0 Å². The Labute approximate surface area is 107 Å². The minimum Gasteiger partial charge on any atom is -0.334 e. The largest absolute Gasteiger partial charge is 0.334 e. The molecular weight excluding hydrogens is 228 g/mol. The van der Waals surface area contributed by atoms with Crippen molar-refractivity contribution in [3.05, 3.63) is 35.7 Å². The summed E-state index contributed by atoms with van der Waals surface area (Å²) in [5.41, 5.74) is 7.64. The molecule has 0 spiro atoms. The Balaban J connectivity index is 2.08. The number of nitrogens with zero attached hydrogens (tertiary/aromatic N) is 3. The van der Waals surface area contributed by atoms with E-state index in [2.05, 4.69) is 15.0 Å². The van der Waals surface area contributed by atoms with Crippen LogP contribution < -0.4 is 5.73 Å². The van der Waals surface area contributed by atoms with Gasteiger partial charge in [-0.25, -0.2) is 0 Å². The van der Waals surface area contributed by atoms with Gasteiger partial charge in [0.15, 0.2) is 5.82 Å². The molecule has 1 aromatic heterocycles. The molecule has 5 heteroatoms. The minimum absolute atomic E-state index is 0.561. The monoisotopic (exact) mass is 246 g/mol. The fourth-order valence-corrected chi connectivity index (χ4v) is 1.67. The number of aromatic nitrogens is 2. The van der Waals surface area contributed by atoms with E-state index in [0.717, 1.165) is 12.1 Å². The van der Waals surface area contributed by atoms with Crippen LogP contribution in [0.1, 0.15) is 11.4 Å². The third-order valence-corrected chi connectivity index (χ3v) is 2.69. The summed E-state index contributed by atoms with van der Waals surface area (Å²) in [6, 6.07) is 8.02. The summed E-state index contributed by atoms with van der Waals surface area (Å²) in [7, 11) is 1.98. The first-order chi connectivity index (χ1) is 8.69. The highest BCUT2D eigenvalue weighted by Gasteiger charge is 2.10. The summed E-state index contributed by atoms with van der Waals surface area (Å²) in [4.78, 5) is 6.43. The summed E-state index contributed by atoms with van der Waals surface area (Å²) in [6.07, 6.45) is 0. The van der Waals surface area contributed by atoms with Crippen molar-refractivity contribution < 1.29 is 4.52 Å². The van der Waals surface area contributed by atoms with Gasteiger partial charge in [-0.3, -0.25) is 4.90 Å². The SMILES string of the molecule is Cc1ccc(-c2nc(CN(C)CCN)no2)cc1. The first kappa shape index (κ1) is 12.7. The molecule has 5 nitrogen and oxygen atoms in total. The lowest BCUT2D eigenvalue weighted by Gasteiger charge is -2.11. The molecule has 0 radical (unpaired) electrons. The molecule has 0 saturated carbocycles. The lowest BCUT2D eigenvalue weighted by Crippen LogP contribution is -2.25. The molecule has 2 aromatic rings. The van der Waals surface area contributed by atoms with Crippen LogP contribution in [0.2, 0.25) is 0 Å². The average molecular weight is 246 g/mol. The van der Waals surface area contributed by atoms with E-state index in [1.165, 1.54) is 5.56 Å². The second-order valence-corrected chi connectivity index (χ2v) is 4.41. The van der Waals surface area contributed by atoms with Gasteiger partial charge in [-0.1, -0.05) is 22.9 Å². The van der Waals surface area contributed by atoms with Gasteiger partial charge in [-0.15, -0.1) is 0 Å². The Kier molecular flexibility index (Phi) is 4.07. The van der Waals surface area contributed by atoms with Crippen LogP contribution in [0.5, 0.6) is 0 Å². The Morgan fingerprint density at radius 3 is 2.67 bits per heavy atom. The van der Waals surface area contributed by atoms with Gasteiger partial charge in [0.05, 0.1) is 6.54 Å². The van der Waals surface area contributed by atoms with Crippen molar-refractivity contribution in [2.75, 3.05) is 20.1 Å². The number of rotatable bonds is 5. The highest BCUT2D eigenvalue weighted by molar-refractivity contribution is 5.53. The lowest BCUT2D eigenvalue weighted by molar-refractivity contribution is 0.317. The lowest BCUT2D eigenvalue weighted by atomic mass is 10.1. The maximum Gasteiger partial charge on any atom is 0.257 e. The molecule has 0 aliphatic rings. The Morgan fingerprint density at radius 1 is 1.28 bits per heavy atom. The zero-order chi connectivity index (χ0) is 13.0. The van der Waals surface area contributed by atoms with Gasteiger partial charge in [-0.05, 0) is 26.1 Å².